The van der Waals surface area contributed by atoms with E-state index in [9.17, 15) is 14.9 Å². The number of nitro groups is 1. The monoisotopic (exact) mass is 419 g/mol. The predicted molar refractivity (Wildman–Crippen MR) is 127 cm³/mol. The van der Waals surface area contributed by atoms with Gasteiger partial charge in [0.25, 0.3) is 11.2 Å². The van der Waals surface area contributed by atoms with Crippen molar-refractivity contribution in [3.05, 3.63) is 123 Å². The van der Waals surface area contributed by atoms with Crippen molar-refractivity contribution in [2.24, 2.45) is 0 Å². The second-order valence-electron chi connectivity index (χ2n) is 7.34. The van der Waals surface area contributed by atoms with E-state index in [-0.39, 0.29) is 11.2 Å². The first-order valence-electron chi connectivity index (χ1n) is 10.0. The number of nitrogens with zero attached hydrogens (tertiary/aromatic N) is 3. The lowest BCUT2D eigenvalue weighted by molar-refractivity contribution is -0.384. The Morgan fingerprint density at radius 2 is 1.53 bits per heavy atom. The van der Waals surface area contributed by atoms with Gasteiger partial charge in [-0.2, -0.15) is 0 Å². The van der Waals surface area contributed by atoms with E-state index < -0.39 is 4.92 Å². The fourth-order valence-corrected chi connectivity index (χ4v) is 3.70. The maximum absolute atomic E-state index is 13.4. The summed E-state index contributed by atoms with van der Waals surface area (Å²) in [6.07, 6.45) is 3.54. The van der Waals surface area contributed by atoms with Crippen molar-refractivity contribution in [2.45, 2.75) is 0 Å². The van der Waals surface area contributed by atoms with Crippen LogP contribution < -0.4 is 5.56 Å². The first-order valence-corrected chi connectivity index (χ1v) is 10.0. The van der Waals surface area contributed by atoms with E-state index in [0.29, 0.717) is 16.7 Å². The van der Waals surface area contributed by atoms with Gasteiger partial charge in [-0.05, 0) is 58.8 Å². The molecule has 0 bridgehead atoms. The summed E-state index contributed by atoms with van der Waals surface area (Å²) in [5, 5.41) is 13.5. The van der Waals surface area contributed by atoms with Crippen LogP contribution in [0.15, 0.2) is 95.8 Å². The highest BCUT2D eigenvalue weighted by Gasteiger charge is 2.11. The molecule has 5 aromatic rings. The van der Waals surface area contributed by atoms with Gasteiger partial charge in [0.15, 0.2) is 0 Å². The summed E-state index contributed by atoms with van der Waals surface area (Å²) >= 11 is 0. The van der Waals surface area contributed by atoms with Crippen LogP contribution in [0.25, 0.3) is 39.5 Å². The van der Waals surface area contributed by atoms with Crippen LogP contribution in [0, 0.1) is 10.1 Å². The molecule has 6 nitrogen and oxygen atoms in total. The second-order valence-corrected chi connectivity index (χ2v) is 7.34. The minimum atomic E-state index is -0.435. The highest BCUT2D eigenvalue weighted by molar-refractivity contribution is 5.85. The second kappa shape index (κ2) is 7.92. The predicted octanol–water partition coefficient (Wildman–Crippen LogP) is 5.62. The minimum Gasteiger partial charge on any atom is -0.268 e. The van der Waals surface area contributed by atoms with Crippen LogP contribution in [0.5, 0.6) is 0 Å². The highest BCUT2D eigenvalue weighted by atomic mass is 16.6. The third kappa shape index (κ3) is 3.54. The van der Waals surface area contributed by atoms with Crippen LogP contribution in [0.2, 0.25) is 0 Å². The zero-order valence-electron chi connectivity index (χ0n) is 16.9. The molecular formula is C26H17N3O3. The number of hydrogen-bond acceptors (Lipinski definition) is 4. The van der Waals surface area contributed by atoms with Gasteiger partial charge in [0.05, 0.1) is 21.5 Å². The summed E-state index contributed by atoms with van der Waals surface area (Å²) < 4.78 is 1.59. The normalized spacial score (nSPS) is 11.4. The molecule has 1 aromatic heterocycles. The van der Waals surface area contributed by atoms with E-state index in [4.69, 9.17) is 4.98 Å². The van der Waals surface area contributed by atoms with E-state index in [1.807, 2.05) is 60.7 Å². The third-order valence-electron chi connectivity index (χ3n) is 5.32. The quantitative estimate of drug-likeness (QED) is 0.280. The average Bonchev–Trinajstić information content (AvgIpc) is 2.83. The Balaban J connectivity index is 1.68. The van der Waals surface area contributed by atoms with E-state index in [0.717, 1.165) is 22.0 Å². The number of nitro benzene ring substituents is 1. The molecule has 0 fully saturated rings. The number of non-ortho nitro benzene ring substituents is 1. The topological polar surface area (TPSA) is 78.0 Å². The average molecular weight is 419 g/mol. The third-order valence-corrected chi connectivity index (χ3v) is 5.32. The van der Waals surface area contributed by atoms with Gasteiger partial charge in [-0.15, -0.1) is 0 Å². The standard InChI is InChI=1S/C26H17N3O3/c30-26-23-7-3-4-8-24(23)27-25(16-11-18-9-13-21(14-10-18)29(31)32)28(26)22-15-12-19-5-1-2-6-20(19)17-22/h1-17H. The maximum Gasteiger partial charge on any atom is 0.269 e. The molecular weight excluding hydrogens is 402 g/mol. The Labute approximate surface area is 182 Å². The van der Waals surface area contributed by atoms with Gasteiger partial charge in [0.1, 0.15) is 5.82 Å². The molecule has 0 amide bonds. The number of aromatic nitrogens is 2. The largest absolute Gasteiger partial charge is 0.269 e. The molecule has 0 saturated heterocycles. The Morgan fingerprint density at radius 3 is 2.31 bits per heavy atom. The van der Waals surface area contributed by atoms with Gasteiger partial charge in [0.2, 0.25) is 0 Å². The van der Waals surface area contributed by atoms with Crippen molar-refractivity contribution < 1.29 is 4.92 Å². The number of hydrogen-bond donors (Lipinski definition) is 0. The van der Waals surface area contributed by atoms with E-state index in [2.05, 4.69) is 0 Å². The number of fused-ring (bicyclic) bond motifs is 2. The summed E-state index contributed by atoms with van der Waals surface area (Å²) in [5.41, 5.74) is 1.96. The molecule has 0 unspecified atom stereocenters. The van der Waals surface area contributed by atoms with Gasteiger partial charge < -0.3 is 0 Å². The molecule has 5 rings (SSSR count). The Bertz CT molecular complexity index is 1570. The summed E-state index contributed by atoms with van der Waals surface area (Å²) in [5.74, 6) is 0.474. The number of para-hydroxylation sites is 1. The molecule has 4 aromatic carbocycles. The van der Waals surface area contributed by atoms with Crippen LogP contribution >= 0.6 is 0 Å². The summed E-state index contributed by atoms with van der Waals surface area (Å²) in [6, 6.07) is 27.3. The molecule has 0 saturated carbocycles. The van der Waals surface area contributed by atoms with Crippen LogP contribution in [-0.4, -0.2) is 14.5 Å². The summed E-state index contributed by atoms with van der Waals surface area (Å²) in [4.78, 5) is 28.6. The fraction of sp³-hybridized carbons (Fsp3) is 0. The molecule has 0 spiro atoms. The number of rotatable bonds is 4. The Morgan fingerprint density at radius 1 is 0.812 bits per heavy atom. The molecule has 0 atom stereocenters. The van der Waals surface area contributed by atoms with E-state index in [1.165, 1.54) is 12.1 Å². The molecule has 0 aliphatic heterocycles. The Hall–Kier alpha value is -4.58. The summed E-state index contributed by atoms with van der Waals surface area (Å²) in [7, 11) is 0. The molecule has 32 heavy (non-hydrogen) atoms. The molecule has 6 heteroatoms. The SMILES string of the molecule is O=c1c2ccccc2nc(C=Cc2ccc([N+](=O)[O-])cc2)n1-c1ccc2ccccc2c1. The highest BCUT2D eigenvalue weighted by Crippen LogP contribution is 2.21. The van der Waals surface area contributed by atoms with Crippen molar-refractivity contribution in [1.82, 2.24) is 9.55 Å². The van der Waals surface area contributed by atoms with Gasteiger partial charge in [-0.25, -0.2) is 4.98 Å². The van der Waals surface area contributed by atoms with Crippen LogP contribution in [0.3, 0.4) is 0 Å². The first-order chi connectivity index (χ1) is 15.6. The zero-order chi connectivity index (χ0) is 22.1. The van der Waals surface area contributed by atoms with Gasteiger partial charge >= 0.3 is 0 Å². The van der Waals surface area contributed by atoms with E-state index >= 15 is 0 Å². The fourth-order valence-electron chi connectivity index (χ4n) is 3.70. The molecule has 0 radical (unpaired) electrons. The molecule has 154 valence electrons. The number of benzene rings is 4. The van der Waals surface area contributed by atoms with Crippen molar-refractivity contribution in [1.29, 1.82) is 0 Å². The van der Waals surface area contributed by atoms with Crippen LogP contribution in [0.4, 0.5) is 5.69 Å². The lowest BCUT2D eigenvalue weighted by Gasteiger charge is -2.12. The molecule has 0 N–H and O–H groups in total. The molecule has 1 heterocycles. The van der Waals surface area contributed by atoms with Crippen molar-refractivity contribution >= 4 is 39.5 Å². The van der Waals surface area contributed by atoms with Crippen LogP contribution in [0.1, 0.15) is 11.4 Å². The molecule has 0 aliphatic carbocycles. The lowest BCUT2D eigenvalue weighted by Crippen LogP contribution is -2.22. The lowest BCUT2D eigenvalue weighted by atomic mass is 10.1. The van der Waals surface area contributed by atoms with Crippen molar-refractivity contribution in [3.8, 4) is 5.69 Å². The minimum absolute atomic E-state index is 0.0269. The smallest absolute Gasteiger partial charge is 0.268 e. The van der Waals surface area contributed by atoms with Crippen molar-refractivity contribution in [2.75, 3.05) is 0 Å². The summed E-state index contributed by atoms with van der Waals surface area (Å²) in [6.45, 7) is 0. The maximum atomic E-state index is 13.4. The van der Waals surface area contributed by atoms with Gasteiger partial charge in [-0.1, -0.05) is 48.5 Å². The van der Waals surface area contributed by atoms with Gasteiger partial charge in [0, 0.05) is 12.1 Å². The van der Waals surface area contributed by atoms with Crippen LogP contribution in [-0.2, 0) is 0 Å². The zero-order valence-corrected chi connectivity index (χ0v) is 16.9. The van der Waals surface area contributed by atoms with Gasteiger partial charge in [-0.3, -0.25) is 19.5 Å². The van der Waals surface area contributed by atoms with Crippen molar-refractivity contribution in [3.63, 3.8) is 0 Å². The molecule has 0 aliphatic rings. The Kier molecular flexibility index (Phi) is 4.80. The first kappa shape index (κ1) is 19.4. The van der Waals surface area contributed by atoms with E-state index in [1.54, 1.807) is 34.9 Å².